The van der Waals surface area contributed by atoms with Crippen molar-refractivity contribution in [3.05, 3.63) is 35.2 Å². The number of aliphatic carboxylic acids is 1. The number of carboxylic acids is 1. The fraction of sp³-hybridized carbons (Fsp3) is 0.273. The Morgan fingerprint density at radius 2 is 2.18 bits per heavy atom. The quantitative estimate of drug-likeness (QED) is 0.833. The maximum Gasteiger partial charge on any atom is 0.393 e. The molecule has 0 aliphatic rings. The van der Waals surface area contributed by atoms with Crippen LogP contribution in [-0.4, -0.2) is 22.2 Å². The van der Waals surface area contributed by atoms with E-state index in [9.17, 15) is 18.0 Å². The predicted octanol–water partition coefficient (Wildman–Crippen LogP) is 2.81. The molecule has 0 saturated heterocycles. The Kier molecular flexibility index (Phi) is 3.88. The first kappa shape index (κ1) is 13.2. The summed E-state index contributed by atoms with van der Waals surface area (Å²) >= 11 is 0. The molecule has 17 heavy (non-hydrogen) atoms. The molecule has 0 saturated carbocycles. The van der Waals surface area contributed by atoms with Gasteiger partial charge in [0.25, 0.3) is 0 Å². The Bertz CT molecular complexity index is 452. The minimum Gasteiger partial charge on any atom is -0.478 e. The van der Waals surface area contributed by atoms with Crippen molar-refractivity contribution in [2.24, 2.45) is 0 Å². The van der Waals surface area contributed by atoms with Gasteiger partial charge in [0.05, 0.1) is 6.42 Å². The Balaban J connectivity index is 3.03. The molecule has 0 atom stereocenters. The van der Waals surface area contributed by atoms with Crippen molar-refractivity contribution in [3.63, 3.8) is 0 Å². The molecule has 6 heteroatoms. The van der Waals surface area contributed by atoms with E-state index >= 15 is 0 Å². The minimum absolute atomic E-state index is 0.388. The zero-order valence-electron chi connectivity index (χ0n) is 8.95. The van der Waals surface area contributed by atoms with Crippen LogP contribution in [0.3, 0.4) is 0 Å². The summed E-state index contributed by atoms with van der Waals surface area (Å²) in [4.78, 5) is 14.6. The summed E-state index contributed by atoms with van der Waals surface area (Å²) in [7, 11) is 0. The van der Waals surface area contributed by atoms with Crippen molar-refractivity contribution < 1.29 is 23.1 Å². The van der Waals surface area contributed by atoms with Gasteiger partial charge in [-0.3, -0.25) is 4.98 Å². The summed E-state index contributed by atoms with van der Waals surface area (Å²) in [5, 5.41) is 8.68. The number of aryl methyl sites for hydroxylation is 1. The number of alkyl halides is 3. The van der Waals surface area contributed by atoms with Gasteiger partial charge in [-0.25, -0.2) is 4.79 Å². The van der Waals surface area contributed by atoms with Gasteiger partial charge in [0, 0.05) is 17.5 Å². The van der Waals surface area contributed by atoms with E-state index in [1.807, 2.05) is 0 Å². The van der Waals surface area contributed by atoms with Crippen LogP contribution in [0.5, 0.6) is 0 Å². The lowest BCUT2D eigenvalue weighted by Crippen LogP contribution is -2.13. The van der Waals surface area contributed by atoms with Gasteiger partial charge in [0.1, 0.15) is 0 Å². The van der Waals surface area contributed by atoms with Crippen LogP contribution in [-0.2, 0) is 4.79 Å². The van der Waals surface area contributed by atoms with E-state index in [0.717, 1.165) is 6.08 Å². The summed E-state index contributed by atoms with van der Waals surface area (Å²) in [6, 6.07) is 2.96. The molecular weight excluding hydrogens is 235 g/mol. The number of rotatable bonds is 3. The molecule has 0 aliphatic carbocycles. The number of hydrogen-bond acceptors (Lipinski definition) is 2. The molecule has 0 unspecified atom stereocenters. The molecule has 0 aromatic carbocycles. The number of halogens is 3. The van der Waals surface area contributed by atoms with Crippen molar-refractivity contribution in [2.75, 3.05) is 0 Å². The molecule has 0 amide bonds. The molecule has 1 aromatic rings. The summed E-state index contributed by atoms with van der Waals surface area (Å²) in [5.41, 5.74) is 0.303. The van der Waals surface area contributed by atoms with E-state index < -0.39 is 24.1 Å². The van der Waals surface area contributed by atoms with Gasteiger partial charge >= 0.3 is 12.1 Å². The van der Waals surface area contributed by atoms with Gasteiger partial charge in [-0.15, -0.1) is 0 Å². The van der Waals surface area contributed by atoms with Gasteiger partial charge < -0.3 is 5.11 Å². The normalized spacial score (nSPS) is 12.6. The Labute approximate surface area is 95.6 Å². The standard InChI is InChI=1S/C11H10F3NO2/c1-7-4-8(2-3-15-7)5-9(10(16)17)6-11(12,13)14/h2-5H,6H2,1H3,(H,16,17)/b9-5+. The Morgan fingerprint density at radius 1 is 1.53 bits per heavy atom. The molecule has 0 radical (unpaired) electrons. The van der Waals surface area contributed by atoms with Gasteiger partial charge in [0.15, 0.2) is 0 Å². The van der Waals surface area contributed by atoms with Crippen molar-refractivity contribution in [1.82, 2.24) is 4.98 Å². The molecule has 3 nitrogen and oxygen atoms in total. The molecule has 1 heterocycles. The monoisotopic (exact) mass is 245 g/mol. The summed E-state index contributed by atoms with van der Waals surface area (Å²) in [6.07, 6.45) is -3.57. The SMILES string of the molecule is Cc1cc(/C=C(\CC(F)(F)F)C(=O)O)ccn1. The third-order valence-electron chi connectivity index (χ3n) is 1.93. The minimum atomic E-state index is -4.54. The fourth-order valence-corrected chi connectivity index (χ4v) is 1.26. The summed E-state index contributed by atoms with van der Waals surface area (Å²) in [5.74, 6) is -1.57. The average Bonchev–Trinajstić information content (AvgIpc) is 2.14. The van der Waals surface area contributed by atoms with Crippen molar-refractivity contribution in [2.45, 2.75) is 19.5 Å². The van der Waals surface area contributed by atoms with Crippen LogP contribution in [0.15, 0.2) is 23.9 Å². The highest BCUT2D eigenvalue weighted by atomic mass is 19.4. The highest BCUT2D eigenvalue weighted by Crippen LogP contribution is 2.25. The van der Waals surface area contributed by atoms with E-state index in [2.05, 4.69) is 4.98 Å². The number of nitrogens with zero attached hydrogens (tertiary/aromatic N) is 1. The van der Waals surface area contributed by atoms with Crippen LogP contribution in [0, 0.1) is 6.92 Å². The number of hydrogen-bond donors (Lipinski definition) is 1. The van der Waals surface area contributed by atoms with Gasteiger partial charge in [-0.1, -0.05) is 0 Å². The van der Waals surface area contributed by atoms with Gasteiger partial charge in [-0.2, -0.15) is 13.2 Å². The summed E-state index contributed by atoms with van der Waals surface area (Å²) in [6.45, 7) is 1.67. The summed E-state index contributed by atoms with van der Waals surface area (Å²) < 4.78 is 36.4. The first-order valence-electron chi connectivity index (χ1n) is 4.71. The molecule has 0 bridgehead atoms. The fourth-order valence-electron chi connectivity index (χ4n) is 1.26. The average molecular weight is 245 g/mol. The lowest BCUT2D eigenvalue weighted by Gasteiger charge is -2.07. The van der Waals surface area contributed by atoms with E-state index in [-0.39, 0.29) is 0 Å². The van der Waals surface area contributed by atoms with Crippen LogP contribution in [0.25, 0.3) is 6.08 Å². The van der Waals surface area contributed by atoms with Crippen molar-refractivity contribution >= 4 is 12.0 Å². The molecule has 1 rings (SSSR count). The first-order chi connectivity index (χ1) is 7.78. The zero-order chi connectivity index (χ0) is 13.1. The van der Waals surface area contributed by atoms with E-state index in [4.69, 9.17) is 5.11 Å². The molecule has 0 fully saturated rings. The van der Waals surface area contributed by atoms with Crippen LogP contribution in [0.2, 0.25) is 0 Å². The van der Waals surface area contributed by atoms with E-state index in [1.165, 1.54) is 18.3 Å². The Hall–Kier alpha value is -1.85. The third kappa shape index (κ3) is 4.67. The predicted molar refractivity (Wildman–Crippen MR) is 55.3 cm³/mol. The number of aromatic nitrogens is 1. The lowest BCUT2D eigenvalue weighted by molar-refractivity contribution is -0.142. The Morgan fingerprint density at radius 3 is 2.65 bits per heavy atom. The molecule has 1 aromatic heterocycles. The smallest absolute Gasteiger partial charge is 0.393 e. The number of carbonyl (C=O) groups is 1. The second kappa shape index (κ2) is 4.99. The van der Waals surface area contributed by atoms with Crippen LogP contribution >= 0.6 is 0 Å². The molecule has 1 N–H and O–H groups in total. The van der Waals surface area contributed by atoms with Crippen molar-refractivity contribution in [1.29, 1.82) is 0 Å². The zero-order valence-corrected chi connectivity index (χ0v) is 8.95. The second-order valence-electron chi connectivity index (χ2n) is 3.50. The van der Waals surface area contributed by atoms with Gasteiger partial charge in [-0.05, 0) is 30.7 Å². The highest BCUT2D eigenvalue weighted by molar-refractivity contribution is 5.92. The first-order valence-corrected chi connectivity index (χ1v) is 4.71. The largest absolute Gasteiger partial charge is 0.478 e. The van der Waals surface area contributed by atoms with Crippen LogP contribution in [0.4, 0.5) is 13.2 Å². The molecule has 92 valence electrons. The highest BCUT2D eigenvalue weighted by Gasteiger charge is 2.31. The van der Waals surface area contributed by atoms with Crippen LogP contribution in [0.1, 0.15) is 17.7 Å². The molecular formula is C11H10F3NO2. The topological polar surface area (TPSA) is 50.2 Å². The van der Waals surface area contributed by atoms with E-state index in [1.54, 1.807) is 6.92 Å². The lowest BCUT2D eigenvalue weighted by atomic mass is 10.1. The maximum absolute atomic E-state index is 12.1. The molecule has 0 aliphatic heterocycles. The number of carboxylic acid groups (broad SMARTS) is 1. The second-order valence-corrected chi connectivity index (χ2v) is 3.50. The van der Waals surface area contributed by atoms with Crippen molar-refractivity contribution in [3.8, 4) is 0 Å². The third-order valence-corrected chi connectivity index (χ3v) is 1.93. The van der Waals surface area contributed by atoms with Crippen LogP contribution < -0.4 is 0 Å². The maximum atomic E-state index is 12.1. The van der Waals surface area contributed by atoms with E-state index in [0.29, 0.717) is 11.3 Å². The van der Waals surface area contributed by atoms with Gasteiger partial charge in [0.2, 0.25) is 0 Å². The molecule has 0 spiro atoms. The number of pyridine rings is 1.